The Kier molecular flexibility index (Phi) is 6.19. The second-order valence-electron chi connectivity index (χ2n) is 6.84. The predicted octanol–water partition coefficient (Wildman–Crippen LogP) is 2.24. The summed E-state index contributed by atoms with van der Waals surface area (Å²) in [5.41, 5.74) is 1.11. The summed E-state index contributed by atoms with van der Waals surface area (Å²) in [6.45, 7) is 5.27. The molecule has 0 aromatic heterocycles. The van der Waals surface area contributed by atoms with Gasteiger partial charge in [0.15, 0.2) is 0 Å². The van der Waals surface area contributed by atoms with Crippen molar-refractivity contribution in [1.29, 1.82) is 0 Å². The topological polar surface area (TPSA) is 52.7 Å². The van der Waals surface area contributed by atoms with Gasteiger partial charge in [0.1, 0.15) is 0 Å². The van der Waals surface area contributed by atoms with Crippen molar-refractivity contribution < 1.29 is 8.42 Å². The third kappa shape index (κ3) is 4.76. The Labute approximate surface area is 140 Å². The van der Waals surface area contributed by atoms with E-state index in [9.17, 15) is 8.42 Å². The first-order chi connectivity index (χ1) is 10.8. The summed E-state index contributed by atoms with van der Waals surface area (Å²) in [6.07, 6.45) is 2.04. The lowest BCUT2D eigenvalue weighted by atomic mass is 10.0. The Balaban J connectivity index is 2.13. The van der Waals surface area contributed by atoms with Gasteiger partial charge in [0.05, 0.1) is 6.04 Å². The highest BCUT2D eigenvalue weighted by Crippen LogP contribution is 2.24. The van der Waals surface area contributed by atoms with Crippen LogP contribution in [0, 0.1) is 5.92 Å². The zero-order valence-electron chi connectivity index (χ0n) is 14.6. The Bertz CT molecular complexity index is 589. The van der Waals surface area contributed by atoms with Crippen molar-refractivity contribution in [3.8, 4) is 0 Å². The van der Waals surface area contributed by atoms with Gasteiger partial charge < -0.3 is 4.90 Å². The van der Waals surface area contributed by atoms with Crippen molar-refractivity contribution in [2.24, 2.45) is 5.92 Å². The van der Waals surface area contributed by atoms with Crippen LogP contribution in [0.1, 0.15) is 38.3 Å². The number of piperidine rings is 1. The summed E-state index contributed by atoms with van der Waals surface area (Å²) in [6, 6.07) is 9.80. The van der Waals surface area contributed by atoms with Gasteiger partial charge in [0.2, 0.25) is 0 Å². The van der Waals surface area contributed by atoms with Crippen LogP contribution >= 0.6 is 0 Å². The fourth-order valence-electron chi connectivity index (χ4n) is 3.42. The summed E-state index contributed by atoms with van der Waals surface area (Å²) in [5, 5.41) is 0. The maximum Gasteiger partial charge on any atom is 0.279 e. The molecule has 1 aliphatic rings. The molecule has 0 spiro atoms. The van der Waals surface area contributed by atoms with Gasteiger partial charge in [0, 0.05) is 19.1 Å². The van der Waals surface area contributed by atoms with E-state index in [1.54, 1.807) is 4.31 Å². The van der Waals surface area contributed by atoms with E-state index in [2.05, 4.69) is 16.5 Å². The van der Waals surface area contributed by atoms with E-state index in [0.717, 1.165) is 18.4 Å². The third-order valence-electron chi connectivity index (χ3n) is 4.47. The summed E-state index contributed by atoms with van der Waals surface area (Å²) < 4.78 is 29.9. The molecule has 6 heteroatoms. The minimum Gasteiger partial charge on any atom is -0.301 e. The van der Waals surface area contributed by atoms with Gasteiger partial charge in [-0.25, -0.2) is 0 Å². The van der Waals surface area contributed by atoms with Crippen LogP contribution in [0.5, 0.6) is 0 Å². The summed E-state index contributed by atoms with van der Waals surface area (Å²) in [4.78, 5) is 2.06. The van der Waals surface area contributed by atoms with E-state index in [0.29, 0.717) is 19.0 Å². The Morgan fingerprint density at radius 2 is 1.91 bits per heavy atom. The first-order valence-corrected chi connectivity index (χ1v) is 9.74. The Hall–Kier alpha value is -0.950. The van der Waals surface area contributed by atoms with Crippen LogP contribution in [0.2, 0.25) is 0 Å². The monoisotopic (exact) mass is 339 g/mol. The molecule has 130 valence electrons. The first kappa shape index (κ1) is 18.4. The van der Waals surface area contributed by atoms with Gasteiger partial charge in [-0.2, -0.15) is 17.4 Å². The summed E-state index contributed by atoms with van der Waals surface area (Å²) in [7, 11) is 0.510. The highest BCUT2D eigenvalue weighted by Gasteiger charge is 2.31. The number of hydrogen-bond donors (Lipinski definition) is 1. The van der Waals surface area contributed by atoms with Crippen LogP contribution in [0.4, 0.5) is 0 Å². The second kappa shape index (κ2) is 7.75. The number of nitrogens with zero attached hydrogens (tertiary/aromatic N) is 2. The molecule has 3 unspecified atom stereocenters. The fourth-order valence-corrected chi connectivity index (χ4v) is 4.99. The molecular weight excluding hydrogens is 310 g/mol. The van der Waals surface area contributed by atoms with Crippen LogP contribution in [-0.4, -0.2) is 50.8 Å². The smallest absolute Gasteiger partial charge is 0.279 e. The molecule has 1 aromatic carbocycles. The SMILES string of the molecule is CC1CCCN(S(=O)(=O)NC(C)C(c2ccccc2)N(C)C)C1. The normalized spacial score (nSPS) is 22.9. The van der Waals surface area contributed by atoms with E-state index in [4.69, 9.17) is 0 Å². The number of likely N-dealkylation sites (N-methyl/N-ethyl adjacent to an activating group) is 1. The average Bonchev–Trinajstić information content (AvgIpc) is 2.47. The van der Waals surface area contributed by atoms with Gasteiger partial charge in [-0.05, 0) is 45.3 Å². The zero-order valence-corrected chi connectivity index (χ0v) is 15.4. The predicted molar refractivity (Wildman–Crippen MR) is 94.4 cm³/mol. The molecular formula is C17H29N3O2S. The van der Waals surface area contributed by atoms with Crippen molar-refractivity contribution in [1.82, 2.24) is 13.9 Å². The molecule has 1 aromatic rings. The Morgan fingerprint density at radius 1 is 1.26 bits per heavy atom. The number of hydrogen-bond acceptors (Lipinski definition) is 3. The highest BCUT2D eigenvalue weighted by atomic mass is 32.2. The average molecular weight is 340 g/mol. The first-order valence-electron chi connectivity index (χ1n) is 8.30. The van der Waals surface area contributed by atoms with Crippen molar-refractivity contribution in [3.05, 3.63) is 35.9 Å². The van der Waals surface area contributed by atoms with Crippen LogP contribution in [0.3, 0.4) is 0 Å². The van der Waals surface area contributed by atoms with E-state index in [1.165, 1.54) is 0 Å². The van der Waals surface area contributed by atoms with Gasteiger partial charge >= 0.3 is 0 Å². The van der Waals surface area contributed by atoms with Crippen molar-refractivity contribution in [2.45, 2.75) is 38.8 Å². The van der Waals surface area contributed by atoms with Crippen molar-refractivity contribution >= 4 is 10.2 Å². The molecule has 1 N–H and O–H groups in total. The van der Waals surface area contributed by atoms with Crippen LogP contribution in [-0.2, 0) is 10.2 Å². The largest absolute Gasteiger partial charge is 0.301 e. The fraction of sp³-hybridized carbons (Fsp3) is 0.647. The van der Waals surface area contributed by atoms with Crippen molar-refractivity contribution in [3.63, 3.8) is 0 Å². The zero-order chi connectivity index (χ0) is 17.0. The maximum atomic E-state index is 12.7. The summed E-state index contributed by atoms with van der Waals surface area (Å²) in [5.74, 6) is 0.425. The van der Waals surface area contributed by atoms with Gasteiger partial charge in [-0.15, -0.1) is 0 Å². The maximum absolute atomic E-state index is 12.7. The lowest BCUT2D eigenvalue weighted by Gasteiger charge is -2.35. The number of benzene rings is 1. The lowest BCUT2D eigenvalue weighted by Crippen LogP contribution is -2.50. The molecule has 2 rings (SSSR count). The molecule has 1 heterocycles. The molecule has 0 bridgehead atoms. The van der Waals surface area contributed by atoms with Gasteiger partial charge in [0.25, 0.3) is 10.2 Å². The molecule has 0 amide bonds. The van der Waals surface area contributed by atoms with E-state index in [1.807, 2.05) is 51.4 Å². The lowest BCUT2D eigenvalue weighted by molar-refractivity contribution is 0.245. The molecule has 5 nitrogen and oxygen atoms in total. The minimum atomic E-state index is -3.45. The van der Waals surface area contributed by atoms with Crippen LogP contribution < -0.4 is 4.72 Å². The molecule has 0 saturated carbocycles. The molecule has 1 saturated heterocycles. The summed E-state index contributed by atoms with van der Waals surface area (Å²) >= 11 is 0. The molecule has 0 aliphatic carbocycles. The van der Waals surface area contributed by atoms with E-state index < -0.39 is 10.2 Å². The highest BCUT2D eigenvalue weighted by molar-refractivity contribution is 7.87. The number of nitrogens with one attached hydrogen (secondary N) is 1. The number of rotatable bonds is 6. The quantitative estimate of drug-likeness (QED) is 0.865. The third-order valence-corrected chi connectivity index (χ3v) is 6.15. The molecule has 3 atom stereocenters. The minimum absolute atomic E-state index is 0.00631. The van der Waals surface area contributed by atoms with E-state index in [-0.39, 0.29) is 12.1 Å². The van der Waals surface area contributed by atoms with Crippen LogP contribution in [0.15, 0.2) is 30.3 Å². The van der Waals surface area contributed by atoms with Crippen molar-refractivity contribution in [2.75, 3.05) is 27.2 Å². The second-order valence-corrected chi connectivity index (χ2v) is 8.54. The molecule has 23 heavy (non-hydrogen) atoms. The van der Waals surface area contributed by atoms with Crippen LogP contribution in [0.25, 0.3) is 0 Å². The molecule has 1 aliphatic heterocycles. The Morgan fingerprint density at radius 3 is 2.48 bits per heavy atom. The molecule has 0 radical (unpaired) electrons. The molecule has 1 fully saturated rings. The van der Waals surface area contributed by atoms with Gasteiger partial charge in [-0.1, -0.05) is 37.3 Å². The van der Waals surface area contributed by atoms with Gasteiger partial charge in [-0.3, -0.25) is 0 Å². The standard InChI is InChI=1S/C17H29N3O2S/c1-14-9-8-12-20(13-14)23(21,22)18-15(2)17(19(3)4)16-10-6-5-7-11-16/h5-7,10-11,14-15,17-18H,8-9,12-13H2,1-4H3. The van der Waals surface area contributed by atoms with E-state index >= 15 is 0 Å².